The fourth-order valence-electron chi connectivity index (χ4n) is 2.39. The lowest BCUT2D eigenvalue weighted by atomic mass is 10.2. The van der Waals surface area contributed by atoms with Gasteiger partial charge in [0, 0.05) is 45.0 Å². The summed E-state index contributed by atoms with van der Waals surface area (Å²) in [6.45, 7) is 10.00. The molecule has 1 aromatic carbocycles. The molecule has 0 bridgehead atoms. The summed E-state index contributed by atoms with van der Waals surface area (Å²) in [6, 6.07) is 10.4. The molecule has 0 atom stereocenters. The summed E-state index contributed by atoms with van der Waals surface area (Å²) in [7, 11) is -3.15. The molecule has 0 aliphatic heterocycles. The van der Waals surface area contributed by atoms with Crippen LogP contribution in [0.2, 0.25) is 0 Å². The summed E-state index contributed by atoms with van der Waals surface area (Å²) in [4.78, 5) is 6.89. The van der Waals surface area contributed by atoms with E-state index in [2.05, 4.69) is 56.4 Å². The second kappa shape index (κ2) is 14.9. The number of nitrogens with zero attached hydrogens (tertiary/aromatic N) is 2. The number of rotatable bonds is 12. The lowest BCUT2D eigenvalue weighted by Crippen LogP contribution is -2.41. The van der Waals surface area contributed by atoms with Gasteiger partial charge in [0.1, 0.15) is 0 Å². The van der Waals surface area contributed by atoms with E-state index in [4.69, 9.17) is 0 Å². The van der Waals surface area contributed by atoms with Gasteiger partial charge in [-0.1, -0.05) is 18.2 Å². The molecule has 0 saturated heterocycles. The number of nitrogens with one attached hydrogen (secondary N) is 3. The Kier molecular flexibility index (Phi) is 14.3. The maximum absolute atomic E-state index is 11.4. The first kappa shape index (κ1) is 25.9. The molecule has 0 fully saturated rings. The Labute approximate surface area is 181 Å². The Morgan fingerprint density at radius 3 is 2.37 bits per heavy atom. The number of hydrogen-bond donors (Lipinski definition) is 3. The molecule has 0 heterocycles. The zero-order valence-corrected chi connectivity index (χ0v) is 19.7. The highest BCUT2D eigenvalue weighted by atomic mass is 127. The molecule has 3 N–H and O–H groups in total. The summed E-state index contributed by atoms with van der Waals surface area (Å²) >= 11 is 0. The first-order valence-corrected chi connectivity index (χ1v) is 11.0. The second-order valence-corrected chi connectivity index (χ2v) is 7.85. The first-order chi connectivity index (χ1) is 12.5. The van der Waals surface area contributed by atoms with Crippen LogP contribution in [0.4, 0.5) is 5.69 Å². The predicted octanol–water partition coefficient (Wildman–Crippen LogP) is 2.02. The number of sulfonamides is 1. The smallest absolute Gasteiger partial charge is 0.211 e. The van der Waals surface area contributed by atoms with Crippen molar-refractivity contribution in [2.75, 3.05) is 49.9 Å². The van der Waals surface area contributed by atoms with Crippen LogP contribution in [0.3, 0.4) is 0 Å². The fourth-order valence-corrected chi connectivity index (χ4v) is 3.01. The Balaban J connectivity index is 0.00000676. The third-order valence-electron chi connectivity index (χ3n) is 3.82. The molecule has 1 aromatic rings. The Morgan fingerprint density at radius 1 is 1.07 bits per heavy atom. The average molecular weight is 511 g/mol. The van der Waals surface area contributed by atoms with E-state index in [1.54, 1.807) is 6.92 Å². The molecule has 7 nitrogen and oxygen atoms in total. The van der Waals surface area contributed by atoms with E-state index in [1.165, 1.54) is 5.69 Å². The van der Waals surface area contributed by atoms with Gasteiger partial charge >= 0.3 is 0 Å². The normalized spacial score (nSPS) is 11.6. The van der Waals surface area contributed by atoms with Gasteiger partial charge in [0.15, 0.2) is 5.96 Å². The minimum Gasteiger partial charge on any atom is -0.372 e. The van der Waals surface area contributed by atoms with Crippen molar-refractivity contribution < 1.29 is 8.42 Å². The van der Waals surface area contributed by atoms with Gasteiger partial charge in [-0.25, -0.2) is 13.1 Å². The van der Waals surface area contributed by atoms with Crippen LogP contribution in [0.5, 0.6) is 0 Å². The Hall–Kier alpha value is -1.07. The molecule has 0 saturated carbocycles. The maximum Gasteiger partial charge on any atom is 0.211 e. The van der Waals surface area contributed by atoms with Crippen LogP contribution < -0.4 is 20.3 Å². The van der Waals surface area contributed by atoms with Crippen molar-refractivity contribution in [2.24, 2.45) is 4.99 Å². The fraction of sp³-hybridized carbons (Fsp3) is 0.611. The topological polar surface area (TPSA) is 85.8 Å². The molecular weight excluding hydrogens is 477 g/mol. The van der Waals surface area contributed by atoms with E-state index < -0.39 is 10.0 Å². The highest BCUT2D eigenvalue weighted by Crippen LogP contribution is 2.12. The molecule has 0 aliphatic rings. The van der Waals surface area contributed by atoms with Crippen molar-refractivity contribution in [3.63, 3.8) is 0 Å². The number of benzene rings is 1. The van der Waals surface area contributed by atoms with Crippen molar-refractivity contribution in [3.8, 4) is 0 Å². The van der Waals surface area contributed by atoms with Crippen LogP contribution in [-0.2, 0) is 10.0 Å². The molecule has 156 valence electrons. The van der Waals surface area contributed by atoms with Crippen LogP contribution in [0, 0.1) is 0 Å². The van der Waals surface area contributed by atoms with Crippen LogP contribution >= 0.6 is 24.0 Å². The summed E-state index contributed by atoms with van der Waals surface area (Å²) in [5.74, 6) is 0.808. The standard InChI is InChI=1S/C18H33N5O2S.HI/c1-4-19-18(21-14-15-22-26(24,25)6-3)20-13-10-16-23(5-2)17-11-8-7-9-12-17;/h7-9,11-12,22H,4-6,10,13-16H2,1-3H3,(H2,19,20,21);1H. The van der Waals surface area contributed by atoms with E-state index >= 15 is 0 Å². The molecule has 0 aromatic heterocycles. The molecule has 9 heteroatoms. The van der Waals surface area contributed by atoms with Gasteiger partial charge in [0.25, 0.3) is 0 Å². The van der Waals surface area contributed by atoms with Crippen molar-refractivity contribution in [1.29, 1.82) is 0 Å². The molecule has 0 spiro atoms. The van der Waals surface area contributed by atoms with Gasteiger partial charge in [0.2, 0.25) is 10.0 Å². The minimum atomic E-state index is -3.15. The number of hydrogen-bond acceptors (Lipinski definition) is 4. The monoisotopic (exact) mass is 511 g/mol. The van der Waals surface area contributed by atoms with E-state index in [0.717, 1.165) is 26.1 Å². The van der Waals surface area contributed by atoms with Crippen LogP contribution in [0.25, 0.3) is 0 Å². The third-order valence-corrected chi connectivity index (χ3v) is 5.23. The summed E-state index contributed by atoms with van der Waals surface area (Å²) in [5.41, 5.74) is 1.23. The van der Waals surface area contributed by atoms with Crippen LogP contribution in [0.15, 0.2) is 35.3 Å². The lowest BCUT2D eigenvalue weighted by Gasteiger charge is -2.22. The first-order valence-electron chi connectivity index (χ1n) is 9.31. The van der Waals surface area contributed by atoms with E-state index in [0.29, 0.717) is 25.6 Å². The van der Waals surface area contributed by atoms with Gasteiger partial charge < -0.3 is 15.5 Å². The van der Waals surface area contributed by atoms with Crippen LogP contribution in [-0.4, -0.2) is 59.4 Å². The van der Waals surface area contributed by atoms with Gasteiger partial charge in [-0.05, 0) is 39.3 Å². The second-order valence-electron chi connectivity index (χ2n) is 5.75. The number of halogens is 1. The zero-order chi connectivity index (χ0) is 19.3. The quantitative estimate of drug-likeness (QED) is 0.173. The van der Waals surface area contributed by atoms with Gasteiger partial charge in [0.05, 0.1) is 5.75 Å². The van der Waals surface area contributed by atoms with Crippen molar-refractivity contribution >= 4 is 45.6 Å². The van der Waals surface area contributed by atoms with Crippen molar-refractivity contribution in [3.05, 3.63) is 30.3 Å². The number of guanidine groups is 1. The van der Waals surface area contributed by atoms with Crippen molar-refractivity contribution in [2.45, 2.75) is 27.2 Å². The van der Waals surface area contributed by atoms with Gasteiger partial charge in [-0.15, -0.1) is 24.0 Å². The molecule has 0 aliphatic carbocycles. The average Bonchev–Trinajstić information content (AvgIpc) is 2.65. The number of anilines is 1. The molecule has 0 radical (unpaired) electrons. The molecule has 1 rings (SSSR count). The lowest BCUT2D eigenvalue weighted by molar-refractivity contribution is 0.581. The Bertz CT molecular complexity index is 626. The van der Waals surface area contributed by atoms with E-state index in [9.17, 15) is 8.42 Å². The van der Waals surface area contributed by atoms with Crippen molar-refractivity contribution in [1.82, 2.24) is 15.4 Å². The molecule has 0 amide bonds. The van der Waals surface area contributed by atoms with Gasteiger partial charge in [-0.3, -0.25) is 4.99 Å². The minimum absolute atomic E-state index is 0. The SMILES string of the molecule is CCNC(=NCCCN(CC)c1ccccc1)NCCNS(=O)(=O)CC.I. The van der Waals surface area contributed by atoms with E-state index in [1.807, 2.05) is 13.0 Å². The highest BCUT2D eigenvalue weighted by Gasteiger charge is 2.05. The Morgan fingerprint density at radius 2 is 1.78 bits per heavy atom. The number of para-hydroxylation sites is 1. The van der Waals surface area contributed by atoms with Crippen LogP contribution in [0.1, 0.15) is 27.2 Å². The highest BCUT2D eigenvalue weighted by molar-refractivity contribution is 14.0. The van der Waals surface area contributed by atoms with Gasteiger partial charge in [-0.2, -0.15) is 0 Å². The maximum atomic E-state index is 11.4. The molecular formula is C18H34IN5O2S. The summed E-state index contributed by atoms with van der Waals surface area (Å²) in [5, 5.41) is 6.33. The predicted molar refractivity (Wildman–Crippen MR) is 126 cm³/mol. The zero-order valence-electron chi connectivity index (χ0n) is 16.6. The third kappa shape index (κ3) is 11.4. The summed E-state index contributed by atoms with van der Waals surface area (Å²) < 4.78 is 25.3. The largest absolute Gasteiger partial charge is 0.372 e. The van der Waals surface area contributed by atoms with E-state index in [-0.39, 0.29) is 29.7 Å². The number of aliphatic imine (C=N–C) groups is 1. The molecule has 27 heavy (non-hydrogen) atoms. The molecule has 0 unspecified atom stereocenters. The summed E-state index contributed by atoms with van der Waals surface area (Å²) in [6.07, 6.45) is 0.946.